The molecule has 1 heterocycles. The Kier molecular flexibility index (Phi) is 2.54. The summed E-state index contributed by atoms with van der Waals surface area (Å²) in [5.41, 5.74) is 1.26. The van der Waals surface area contributed by atoms with Gasteiger partial charge in [0.2, 0.25) is 0 Å². The first kappa shape index (κ1) is 11.0. The molecular formula is C17H18N2. The number of nitrogens with one attached hydrogen (secondary N) is 1. The molecule has 1 fully saturated rings. The molecule has 0 unspecified atom stereocenters. The van der Waals surface area contributed by atoms with E-state index in [1.807, 2.05) is 0 Å². The zero-order valence-corrected chi connectivity index (χ0v) is 11.0. The molecule has 2 aliphatic rings. The highest BCUT2D eigenvalue weighted by Crippen LogP contribution is 2.28. The summed E-state index contributed by atoms with van der Waals surface area (Å²) in [6.07, 6.45) is 5.18. The second kappa shape index (κ2) is 4.37. The molecule has 0 bridgehead atoms. The standard InChI is InChI=1S/C17H18N2/c1-2-8-13-12(6-1)7-5-9-14(13)17-18-15-10-3-4-11-16(15)19-17/h1-2,5-9,15-16H,3-4,10-11H2,(H,18,19)/t15-,16-/m1/s1. The number of amidine groups is 1. The third-order valence-electron chi connectivity index (χ3n) is 4.39. The van der Waals surface area contributed by atoms with E-state index in [4.69, 9.17) is 4.99 Å². The molecular weight excluding hydrogens is 232 g/mol. The molecule has 2 heteroatoms. The molecule has 1 N–H and O–H groups in total. The Morgan fingerprint density at radius 2 is 1.79 bits per heavy atom. The van der Waals surface area contributed by atoms with Crippen LogP contribution in [0, 0.1) is 0 Å². The number of rotatable bonds is 1. The number of nitrogens with zero attached hydrogens (tertiary/aromatic N) is 1. The quantitative estimate of drug-likeness (QED) is 0.823. The Balaban J connectivity index is 1.79. The molecule has 2 aromatic carbocycles. The average Bonchev–Trinajstić information content (AvgIpc) is 2.90. The van der Waals surface area contributed by atoms with Crippen LogP contribution in [0.15, 0.2) is 47.5 Å². The highest BCUT2D eigenvalue weighted by molar-refractivity contribution is 6.10. The molecule has 2 aromatic rings. The first-order valence-electron chi connectivity index (χ1n) is 7.24. The molecule has 0 spiro atoms. The topological polar surface area (TPSA) is 24.4 Å². The molecule has 96 valence electrons. The van der Waals surface area contributed by atoms with Crippen LogP contribution in [0.1, 0.15) is 31.2 Å². The van der Waals surface area contributed by atoms with Gasteiger partial charge in [0.15, 0.2) is 0 Å². The summed E-state index contributed by atoms with van der Waals surface area (Å²) in [4.78, 5) is 4.94. The molecule has 1 saturated carbocycles. The summed E-state index contributed by atoms with van der Waals surface area (Å²) in [5.74, 6) is 1.11. The number of hydrogen-bond donors (Lipinski definition) is 1. The molecule has 1 aliphatic heterocycles. The molecule has 0 aromatic heterocycles. The van der Waals surface area contributed by atoms with Crippen LogP contribution >= 0.6 is 0 Å². The predicted molar refractivity (Wildman–Crippen MR) is 79.7 cm³/mol. The largest absolute Gasteiger partial charge is 0.365 e. The van der Waals surface area contributed by atoms with Gasteiger partial charge in [-0.1, -0.05) is 55.3 Å². The van der Waals surface area contributed by atoms with Gasteiger partial charge in [-0.15, -0.1) is 0 Å². The van der Waals surface area contributed by atoms with E-state index in [0.29, 0.717) is 12.1 Å². The van der Waals surface area contributed by atoms with E-state index < -0.39 is 0 Å². The van der Waals surface area contributed by atoms with Gasteiger partial charge in [-0.2, -0.15) is 0 Å². The second-order valence-corrected chi connectivity index (χ2v) is 5.61. The molecule has 19 heavy (non-hydrogen) atoms. The minimum absolute atomic E-state index is 0.503. The molecule has 4 rings (SSSR count). The van der Waals surface area contributed by atoms with Gasteiger partial charge in [0.25, 0.3) is 0 Å². The van der Waals surface area contributed by atoms with Gasteiger partial charge in [-0.25, -0.2) is 0 Å². The Hall–Kier alpha value is -1.83. The van der Waals surface area contributed by atoms with E-state index in [2.05, 4.69) is 47.8 Å². The van der Waals surface area contributed by atoms with E-state index in [9.17, 15) is 0 Å². The van der Waals surface area contributed by atoms with Crippen molar-refractivity contribution in [3.63, 3.8) is 0 Å². The van der Waals surface area contributed by atoms with E-state index in [-0.39, 0.29) is 0 Å². The predicted octanol–water partition coefficient (Wildman–Crippen LogP) is 3.50. The van der Waals surface area contributed by atoms with E-state index in [0.717, 1.165) is 5.84 Å². The van der Waals surface area contributed by atoms with Gasteiger partial charge in [0, 0.05) is 11.6 Å². The molecule has 0 radical (unpaired) electrons. The first-order chi connectivity index (χ1) is 9.42. The van der Waals surface area contributed by atoms with Crippen molar-refractivity contribution in [1.82, 2.24) is 5.32 Å². The van der Waals surface area contributed by atoms with Crippen LogP contribution in [0.25, 0.3) is 10.8 Å². The van der Waals surface area contributed by atoms with Crippen molar-refractivity contribution in [2.45, 2.75) is 37.8 Å². The van der Waals surface area contributed by atoms with Crippen LogP contribution in [0.4, 0.5) is 0 Å². The Morgan fingerprint density at radius 3 is 2.74 bits per heavy atom. The van der Waals surface area contributed by atoms with Crippen molar-refractivity contribution in [3.05, 3.63) is 48.0 Å². The van der Waals surface area contributed by atoms with Crippen LogP contribution in [0.5, 0.6) is 0 Å². The fourth-order valence-electron chi connectivity index (χ4n) is 3.39. The summed E-state index contributed by atoms with van der Waals surface area (Å²) in [7, 11) is 0. The van der Waals surface area contributed by atoms with Crippen LogP contribution < -0.4 is 5.32 Å². The van der Waals surface area contributed by atoms with E-state index >= 15 is 0 Å². The number of benzene rings is 2. The highest BCUT2D eigenvalue weighted by atomic mass is 15.1. The fraction of sp³-hybridized carbons (Fsp3) is 0.353. The smallest absolute Gasteiger partial charge is 0.129 e. The Labute approximate surface area is 113 Å². The third-order valence-corrected chi connectivity index (χ3v) is 4.39. The maximum Gasteiger partial charge on any atom is 0.129 e. The molecule has 2 nitrogen and oxygen atoms in total. The van der Waals surface area contributed by atoms with Gasteiger partial charge >= 0.3 is 0 Å². The lowest BCUT2D eigenvalue weighted by Crippen LogP contribution is -2.37. The maximum absolute atomic E-state index is 4.94. The van der Waals surface area contributed by atoms with Gasteiger partial charge in [-0.3, -0.25) is 4.99 Å². The van der Waals surface area contributed by atoms with Crippen molar-refractivity contribution in [2.75, 3.05) is 0 Å². The lowest BCUT2D eigenvalue weighted by Gasteiger charge is -2.23. The number of hydrogen-bond acceptors (Lipinski definition) is 2. The minimum Gasteiger partial charge on any atom is -0.365 e. The highest BCUT2D eigenvalue weighted by Gasteiger charge is 2.31. The van der Waals surface area contributed by atoms with Gasteiger partial charge in [-0.05, 0) is 23.6 Å². The maximum atomic E-state index is 4.94. The summed E-state index contributed by atoms with van der Waals surface area (Å²) >= 11 is 0. The van der Waals surface area contributed by atoms with E-state index in [1.165, 1.54) is 42.0 Å². The fourth-order valence-corrected chi connectivity index (χ4v) is 3.39. The van der Waals surface area contributed by atoms with Crippen LogP contribution in [-0.4, -0.2) is 17.9 Å². The van der Waals surface area contributed by atoms with Crippen LogP contribution in [0.2, 0.25) is 0 Å². The first-order valence-corrected chi connectivity index (χ1v) is 7.24. The number of aliphatic imine (C=N–C) groups is 1. The molecule has 0 amide bonds. The van der Waals surface area contributed by atoms with Gasteiger partial charge < -0.3 is 5.32 Å². The Bertz CT molecular complexity index is 639. The normalized spacial score (nSPS) is 25.8. The zero-order chi connectivity index (χ0) is 12.7. The number of fused-ring (bicyclic) bond motifs is 2. The van der Waals surface area contributed by atoms with Gasteiger partial charge in [0.1, 0.15) is 5.84 Å². The molecule has 0 saturated heterocycles. The van der Waals surface area contributed by atoms with Crippen molar-refractivity contribution >= 4 is 16.6 Å². The summed E-state index contributed by atoms with van der Waals surface area (Å²) < 4.78 is 0. The van der Waals surface area contributed by atoms with Crippen molar-refractivity contribution in [3.8, 4) is 0 Å². The summed E-state index contributed by atoms with van der Waals surface area (Å²) in [6.45, 7) is 0. The summed E-state index contributed by atoms with van der Waals surface area (Å²) in [5, 5.41) is 6.24. The monoisotopic (exact) mass is 250 g/mol. The SMILES string of the molecule is c1ccc2c(C3=N[C@@H]4CCCC[C@H]4N3)cccc2c1. The average molecular weight is 250 g/mol. The minimum atomic E-state index is 0.503. The lowest BCUT2D eigenvalue weighted by molar-refractivity contribution is 0.385. The zero-order valence-electron chi connectivity index (χ0n) is 11.0. The van der Waals surface area contributed by atoms with Crippen molar-refractivity contribution in [1.29, 1.82) is 0 Å². The molecule has 2 atom stereocenters. The van der Waals surface area contributed by atoms with Crippen molar-refractivity contribution < 1.29 is 0 Å². The van der Waals surface area contributed by atoms with Crippen molar-refractivity contribution in [2.24, 2.45) is 4.99 Å². The van der Waals surface area contributed by atoms with Crippen LogP contribution in [0.3, 0.4) is 0 Å². The molecule has 1 aliphatic carbocycles. The summed E-state index contributed by atoms with van der Waals surface area (Å²) in [6, 6.07) is 16.1. The lowest BCUT2D eigenvalue weighted by atomic mass is 9.92. The van der Waals surface area contributed by atoms with Crippen LogP contribution in [-0.2, 0) is 0 Å². The van der Waals surface area contributed by atoms with E-state index in [1.54, 1.807) is 0 Å². The van der Waals surface area contributed by atoms with Gasteiger partial charge in [0.05, 0.1) is 6.04 Å². The second-order valence-electron chi connectivity index (χ2n) is 5.61. The third kappa shape index (κ3) is 1.83. The Morgan fingerprint density at radius 1 is 0.947 bits per heavy atom.